The molecule has 7 nitrogen and oxygen atoms in total. The number of aliphatic carboxylic acids is 1. The molecule has 0 fully saturated rings. The van der Waals surface area contributed by atoms with Crippen molar-refractivity contribution in [1.82, 2.24) is 0 Å². The van der Waals surface area contributed by atoms with Gasteiger partial charge in [0, 0.05) is 11.6 Å². The zero-order valence-electron chi connectivity index (χ0n) is 8.37. The molecule has 1 N–H and O–H groups in total. The number of carboxylic acid groups (broad SMARTS) is 1. The van der Waals surface area contributed by atoms with E-state index in [2.05, 4.69) is 25.9 Å². The summed E-state index contributed by atoms with van der Waals surface area (Å²) in [5.74, 6) is -1.15. The Hall–Kier alpha value is -1.96. The molecule has 0 saturated carbocycles. The van der Waals surface area contributed by atoms with Gasteiger partial charge in [0.1, 0.15) is 0 Å². The highest BCUT2D eigenvalue weighted by Crippen LogP contribution is 2.24. The quantitative estimate of drug-likeness (QED) is 0.507. The zero-order valence-corrected chi connectivity index (χ0v) is 9.96. The maximum Gasteiger partial charge on any atom is 0.344 e. The number of oxime groups is 1. The Morgan fingerprint density at radius 3 is 2.94 bits per heavy atom. The minimum Gasteiger partial charge on any atom is -0.479 e. The van der Waals surface area contributed by atoms with E-state index in [0.29, 0.717) is 10.0 Å². The Balaban J connectivity index is 2.75. The van der Waals surface area contributed by atoms with Crippen LogP contribution in [0.3, 0.4) is 0 Å². The van der Waals surface area contributed by atoms with Gasteiger partial charge in [-0.05, 0) is 22.0 Å². The highest BCUT2D eigenvalue weighted by atomic mass is 79.9. The fourth-order valence-electron chi connectivity index (χ4n) is 0.941. The highest BCUT2D eigenvalue weighted by molar-refractivity contribution is 9.10. The van der Waals surface area contributed by atoms with Crippen molar-refractivity contribution in [3.63, 3.8) is 0 Å². The van der Waals surface area contributed by atoms with Crippen LogP contribution >= 0.6 is 15.9 Å². The van der Waals surface area contributed by atoms with Crippen LogP contribution in [0.4, 0.5) is 5.69 Å². The maximum atomic E-state index is 10.6. The molecule has 90 valence electrons. The summed E-state index contributed by atoms with van der Waals surface area (Å²) < 4.78 is 0.353. The van der Waals surface area contributed by atoms with Gasteiger partial charge in [-0.3, -0.25) is 10.1 Å². The second-order valence-corrected chi connectivity index (χ2v) is 3.72. The van der Waals surface area contributed by atoms with Crippen molar-refractivity contribution in [3.05, 3.63) is 38.3 Å². The van der Waals surface area contributed by atoms with Gasteiger partial charge in [0.25, 0.3) is 5.69 Å². The fraction of sp³-hybridized carbons (Fsp3) is 0.111. The third-order valence-electron chi connectivity index (χ3n) is 1.63. The lowest BCUT2D eigenvalue weighted by atomic mass is 10.2. The number of hydrogen-bond donors (Lipinski definition) is 1. The Morgan fingerprint density at radius 1 is 1.65 bits per heavy atom. The molecule has 17 heavy (non-hydrogen) atoms. The molecular formula is C9H7BrN2O5. The third-order valence-corrected chi connectivity index (χ3v) is 2.30. The molecule has 0 radical (unpaired) electrons. The van der Waals surface area contributed by atoms with Gasteiger partial charge in [-0.25, -0.2) is 4.79 Å². The third kappa shape index (κ3) is 4.19. The number of carboxylic acids is 1. The first kappa shape index (κ1) is 13.1. The molecular weight excluding hydrogens is 296 g/mol. The van der Waals surface area contributed by atoms with Crippen molar-refractivity contribution < 1.29 is 19.7 Å². The van der Waals surface area contributed by atoms with Crippen LogP contribution in [0.25, 0.3) is 0 Å². The summed E-state index contributed by atoms with van der Waals surface area (Å²) in [6, 6.07) is 4.36. The predicted octanol–water partition coefficient (Wildman–Crippen LogP) is 1.79. The average molecular weight is 303 g/mol. The Morgan fingerprint density at radius 2 is 2.35 bits per heavy atom. The van der Waals surface area contributed by atoms with Crippen molar-refractivity contribution in [2.45, 2.75) is 0 Å². The van der Waals surface area contributed by atoms with E-state index in [9.17, 15) is 14.9 Å². The van der Waals surface area contributed by atoms with Crippen LogP contribution in [-0.2, 0) is 9.63 Å². The van der Waals surface area contributed by atoms with Crippen LogP contribution in [0.2, 0.25) is 0 Å². The van der Waals surface area contributed by atoms with E-state index >= 15 is 0 Å². The molecule has 0 atom stereocenters. The van der Waals surface area contributed by atoms with Crippen LogP contribution in [0.1, 0.15) is 5.56 Å². The molecule has 0 aliphatic heterocycles. The molecule has 1 aromatic rings. The second kappa shape index (κ2) is 5.94. The lowest BCUT2D eigenvalue weighted by Crippen LogP contribution is -2.03. The number of halogens is 1. The first-order valence-corrected chi connectivity index (χ1v) is 5.11. The van der Waals surface area contributed by atoms with Gasteiger partial charge >= 0.3 is 5.97 Å². The van der Waals surface area contributed by atoms with Crippen LogP contribution < -0.4 is 0 Å². The van der Waals surface area contributed by atoms with Gasteiger partial charge in [0.2, 0.25) is 6.61 Å². The summed E-state index contributed by atoms with van der Waals surface area (Å²) in [6.45, 7) is -0.560. The molecule has 0 saturated heterocycles. The van der Waals surface area contributed by atoms with E-state index in [1.54, 1.807) is 6.07 Å². The number of nitrogens with zero attached hydrogens (tertiary/aromatic N) is 2. The van der Waals surface area contributed by atoms with E-state index in [0.717, 1.165) is 0 Å². The zero-order chi connectivity index (χ0) is 12.8. The van der Waals surface area contributed by atoms with Crippen molar-refractivity contribution in [3.8, 4) is 0 Å². The van der Waals surface area contributed by atoms with Crippen molar-refractivity contribution in [1.29, 1.82) is 0 Å². The van der Waals surface area contributed by atoms with Crippen LogP contribution in [0, 0.1) is 10.1 Å². The van der Waals surface area contributed by atoms with E-state index in [1.807, 2.05) is 0 Å². The molecule has 0 bridgehead atoms. The molecule has 0 aromatic heterocycles. The van der Waals surface area contributed by atoms with Gasteiger partial charge in [-0.1, -0.05) is 11.2 Å². The summed E-state index contributed by atoms with van der Waals surface area (Å²) in [4.78, 5) is 24.6. The summed E-state index contributed by atoms with van der Waals surface area (Å²) in [5, 5.41) is 22.3. The van der Waals surface area contributed by atoms with Crippen molar-refractivity contribution in [2.75, 3.05) is 6.61 Å². The Labute approximate surface area is 104 Å². The number of benzene rings is 1. The lowest BCUT2D eigenvalue weighted by molar-refractivity contribution is -0.385. The molecule has 8 heteroatoms. The summed E-state index contributed by atoms with van der Waals surface area (Å²) >= 11 is 3.04. The average Bonchev–Trinajstić information content (AvgIpc) is 2.25. The highest BCUT2D eigenvalue weighted by Gasteiger charge is 2.11. The monoisotopic (exact) mass is 302 g/mol. The Kier molecular flexibility index (Phi) is 4.58. The molecule has 1 aromatic carbocycles. The smallest absolute Gasteiger partial charge is 0.344 e. The molecule has 0 unspecified atom stereocenters. The van der Waals surface area contributed by atoms with Crippen LogP contribution in [-0.4, -0.2) is 28.8 Å². The van der Waals surface area contributed by atoms with Gasteiger partial charge in [0.05, 0.1) is 15.6 Å². The van der Waals surface area contributed by atoms with Gasteiger partial charge in [-0.15, -0.1) is 0 Å². The fourth-order valence-corrected chi connectivity index (χ4v) is 1.33. The van der Waals surface area contributed by atoms with Crippen molar-refractivity contribution >= 4 is 33.8 Å². The minimum absolute atomic E-state index is 0.104. The first-order chi connectivity index (χ1) is 8.00. The van der Waals surface area contributed by atoms with E-state index in [1.165, 1.54) is 18.3 Å². The summed E-state index contributed by atoms with van der Waals surface area (Å²) in [7, 11) is 0. The molecule has 0 heterocycles. The van der Waals surface area contributed by atoms with E-state index in [4.69, 9.17) is 5.11 Å². The SMILES string of the molecule is O=C(O)CON=Cc1ccc(Br)c([N+](=O)[O-])c1. The number of hydrogen-bond acceptors (Lipinski definition) is 5. The first-order valence-electron chi connectivity index (χ1n) is 4.32. The standard InChI is InChI=1S/C9H7BrN2O5/c10-7-2-1-6(3-8(7)12(15)16)4-11-17-5-9(13)14/h1-4H,5H2,(H,13,14). The van der Waals surface area contributed by atoms with Crippen molar-refractivity contribution in [2.24, 2.45) is 5.16 Å². The largest absolute Gasteiger partial charge is 0.479 e. The van der Waals surface area contributed by atoms with Gasteiger partial charge in [0.15, 0.2) is 0 Å². The molecule has 0 spiro atoms. The lowest BCUT2D eigenvalue weighted by Gasteiger charge is -1.97. The van der Waals surface area contributed by atoms with Gasteiger partial charge < -0.3 is 9.94 Å². The minimum atomic E-state index is -1.15. The topological polar surface area (TPSA) is 102 Å². The van der Waals surface area contributed by atoms with E-state index in [-0.39, 0.29) is 5.69 Å². The number of carbonyl (C=O) groups is 1. The van der Waals surface area contributed by atoms with Crippen LogP contribution in [0.5, 0.6) is 0 Å². The van der Waals surface area contributed by atoms with Gasteiger partial charge in [-0.2, -0.15) is 0 Å². The number of rotatable bonds is 5. The molecule has 0 aliphatic rings. The summed E-state index contributed by atoms with van der Waals surface area (Å²) in [5.41, 5.74) is 0.331. The number of nitro groups is 1. The second-order valence-electron chi connectivity index (χ2n) is 2.87. The maximum absolute atomic E-state index is 10.6. The number of nitro benzene ring substituents is 1. The normalized spacial score (nSPS) is 10.4. The van der Waals surface area contributed by atoms with Crippen LogP contribution in [0.15, 0.2) is 27.8 Å². The summed E-state index contributed by atoms with van der Waals surface area (Å²) in [6.07, 6.45) is 1.20. The van der Waals surface area contributed by atoms with E-state index < -0.39 is 17.5 Å². The molecule has 0 aliphatic carbocycles. The molecule has 1 rings (SSSR count). The predicted molar refractivity (Wildman–Crippen MR) is 62.0 cm³/mol. The molecule has 0 amide bonds. The Bertz CT molecular complexity index is 474.